The number of halogens is 1. The molecule has 3 N–H and O–H groups in total. The van der Waals surface area contributed by atoms with Crippen molar-refractivity contribution < 1.29 is 9.90 Å². The van der Waals surface area contributed by atoms with Crippen LogP contribution in [0.1, 0.15) is 16.8 Å². The third-order valence-corrected chi connectivity index (χ3v) is 7.87. The van der Waals surface area contributed by atoms with E-state index in [2.05, 4.69) is 38.5 Å². The first-order valence-corrected chi connectivity index (χ1v) is 13.5. The lowest BCUT2D eigenvalue weighted by Crippen LogP contribution is -2.49. The van der Waals surface area contributed by atoms with Crippen molar-refractivity contribution in [1.29, 1.82) is 5.26 Å². The van der Waals surface area contributed by atoms with Gasteiger partial charge in [-0.2, -0.15) is 10.4 Å². The number of urea groups is 1. The molecule has 192 valence electrons. The highest BCUT2D eigenvalue weighted by Gasteiger charge is 2.28. The minimum absolute atomic E-state index is 0.390. The molecule has 3 aromatic rings. The van der Waals surface area contributed by atoms with E-state index in [9.17, 15) is 15.2 Å². The van der Waals surface area contributed by atoms with Gasteiger partial charge in [0.1, 0.15) is 6.07 Å². The number of piperazine rings is 1. The number of carbonyl (C=O) groups excluding carboxylic acids is 1. The van der Waals surface area contributed by atoms with Crippen molar-refractivity contribution in [1.82, 2.24) is 19.6 Å². The van der Waals surface area contributed by atoms with Crippen molar-refractivity contribution in [3.05, 3.63) is 68.9 Å². The van der Waals surface area contributed by atoms with Crippen molar-refractivity contribution in [3.63, 3.8) is 0 Å². The lowest BCUT2D eigenvalue weighted by Gasteiger charge is -2.37. The molecule has 0 bridgehead atoms. The normalized spacial score (nSPS) is 16.8. The smallest absolute Gasteiger partial charge is 0.315 e. The maximum Gasteiger partial charge on any atom is 0.315 e. The number of para-hydroxylation sites is 1. The quantitative estimate of drug-likeness (QED) is 0.415. The second kappa shape index (κ2) is 11.1. The predicted molar refractivity (Wildman–Crippen MR) is 150 cm³/mol. The third-order valence-electron chi connectivity index (χ3n) is 7.15. The number of hydrogen-bond acceptors (Lipinski definition) is 6. The van der Waals surface area contributed by atoms with Gasteiger partial charge in [-0.3, -0.25) is 9.58 Å². The van der Waals surface area contributed by atoms with Crippen LogP contribution in [0.2, 0.25) is 0 Å². The molecule has 0 saturated carbocycles. The van der Waals surface area contributed by atoms with Crippen LogP contribution in [0.25, 0.3) is 11.3 Å². The molecule has 37 heavy (non-hydrogen) atoms. The van der Waals surface area contributed by atoms with Gasteiger partial charge < -0.3 is 20.6 Å². The second-order valence-corrected chi connectivity index (χ2v) is 10.8. The topological polar surface area (TPSA) is 115 Å². The summed E-state index contributed by atoms with van der Waals surface area (Å²) in [6.07, 6.45) is 0.0694. The van der Waals surface area contributed by atoms with E-state index >= 15 is 0 Å². The predicted octanol–water partition coefficient (Wildman–Crippen LogP) is 2.65. The van der Waals surface area contributed by atoms with Crippen LogP contribution in [-0.4, -0.2) is 76.1 Å². The molecular formula is C27H30IN7O2. The molecule has 9 nitrogen and oxygen atoms in total. The first-order valence-electron chi connectivity index (χ1n) is 12.5. The first kappa shape index (κ1) is 25.5. The second-order valence-electron chi connectivity index (χ2n) is 9.54. The number of nitriles is 1. The molecule has 1 saturated heterocycles. The zero-order valence-electron chi connectivity index (χ0n) is 20.6. The number of anilines is 1. The molecule has 2 aliphatic rings. The number of benzene rings is 2. The Kier molecular flexibility index (Phi) is 7.64. The highest BCUT2D eigenvalue weighted by molar-refractivity contribution is 14.1. The van der Waals surface area contributed by atoms with E-state index in [0.717, 1.165) is 58.0 Å². The number of carbonyl (C=O) groups is 1. The number of β-amino-alcohol motifs (C(OH)–C–C–N with tert-alkyl or cyclic N) is 1. The molecule has 1 atom stereocenters. The Morgan fingerprint density at radius 2 is 1.81 bits per heavy atom. The maximum atomic E-state index is 11.9. The summed E-state index contributed by atoms with van der Waals surface area (Å²) < 4.78 is 3.06. The van der Waals surface area contributed by atoms with Crippen LogP contribution in [0.3, 0.4) is 0 Å². The molecule has 1 aromatic heterocycles. The van der Waals surface area contributed by atoms with Crippen molar-refractivity contribution in [2.24, 2.45) is 5.73 Å². The molecule has 1 unspecified atom stereocenters. The number of rotatable bonds is 6. The van der Waals surface area contributed by atoms with Gasteiger partial charge >= 0.3 is 6.03 Å². The Bertz CT molecular complexity index is 1310. The summed E-state index contributed by atoms with van der Waals surface area (Å²) in [5, 5.41) is 25.4. The summed E-state index contributed by atoms with van der Waals surface area (Å²) in [6.45, 7) is 5.15. The summed E-state index contributed by atoms with van der Waals surface area (Å²) in [5.74, 6) is 0. The number of fused-ring (bicyclic) bond motifs is 1. The van der Waals surface area contributed by atoms with Crippen LogP contribution in [0.4, 0.5) is 10.5 Å². The zero-order valence-corrected chi connectivity index (χ0v) is 22.7. The molecule has 2 amide bonds. The molecule has 3 heterocycles. The molecular weight excluding hydrogens is 581 g/mol. The van der Waals surface area contributed by atoms with Crippen LogP contribution in [0, 0.1) is 14.9 Å². The number of primary amides is 1. The molecule has 10 heteroatoms. The highest BCUT2D eigenvalue weighted by atomic mass is 127. The van der Waals surface area contributed by atoms with Crippen molar-refractivity contribution >= 4 is 34.3 Å². The molecule has 1 fully saturated rings. The van der Waals surface area contributed by atoms with Crippen molar-refractivity contribution in [2.75, 3.05) is 44.2 Å². The van der Waals surface area contributed by atoms with Crippen LogP contribution in [0.15, 0.2) is 48.5 Å². The van der Waals surface area contributed by atoms with Gasteiger partial charge in [-0.1, -0.05) is 24.3 Å². The maximum absolute atomic E-state index is 11.9. The molecule has 0 aliphatic carbocycles. The Morgan fingerprint density at radius 3 is 2.51 bits per heavy atom. The molecule has 2 aliphatic heterocycles. The van der Waals surface area contributed by atoms with Gasteiger partial charge in [0.25, 0.3) is 0 Å². The Balaban J connectivity index is 1.27. The van der Waals surface area contributed by atoms with Gasteiger partial charge in [0.2, 0.25) is 0 Å². The van der Waals surface area contributed by atoms with Crippen LogP contribution in [-0.2, 0) is 19.5 Å². The summed E-state index contributed by atoms with van der Waals surface area (Å²) in [7, 11) is 0. The summed E-state index contributed by atoms with van der Waals surface area (Å²) in [5.41, 5.74) is 11.1. The molecule has 0 spiro atoms. The van der Waals surface area contributed by atoms with Crippen molar-refractivity contribution in [3.8, 4) is 17.3 Å². The van der Waals surface area contributed by atoms with Gasteiger partial charge in [0, 0.05) is 66.1 Å². The van der Waals surface area contributed by atoms with E-state index in [1.54, 1.807) is 4.90 Å². The molecule has 5 rings (SSSR count). The number of aliphatic hydroxyl groups is 1. The van der Waals surface area contributed by atoms with E-state index < -0.39 is 12.1 Å². The number of hydrogen-bond donors (Lipinski definition) is 2. The number of nitrogens with zero attached hydrogens (tertiary/aromatic N) is 6. The largest absolute Gasteiger partial charge is 0.390 e. The zero-order chi connectivity index (χ0) is 25.9. The van der Waals surface area contributed by atoms with E-state index in [-0.39, 0.29) is 0 Å². The van der Waals surface area contributed by atoms with Gasteiger partial charge in [-0.25, -0.2) is 4.79 Å². The standard InChI is InChI=1S/C27H30IN7O2/c28-21-7-5-19(6-8-21)26-23-18-34(27(30)37)10-9-25(23)35(31-26)17-22(36)16-32-11-13-33(14-12-32)24-4-2-1-3-20(24)15-29/h1-8,22,36H,9-14,16-18H2,(H2,30,37). The van der Waals surface area contributed by atoms with Crippen LogP contribution < -0.4 is 10.6 Å². The number of nitrogens with two attached hydrogens (primary N) is 1. The summed E-state index contributed by atoms with van der Waals surface area (Å²) in [6, 6.07) is 17.7. The highest BCUT2D eigenvalue weighted by Crippen LogP contribution is 2.31. The number of aliphatic hydroxyl groups excluding tert-OH is 1. The van der Waals surface area contributed by atoms with E-state index in [1.165, 1.54) is 0 Å². The van der Waals surface area contributed by atoms with E-state index in [1.807, 2.05) is 53.2 Å². The van der Waals surface area contributed by atoms with Gasteiger partial charge in [-0.15, -0.1) is 0 Å². The monoisotopic (exact) mass is 611 g/mol. The average molecular weight is 611 g/mol. The Labute approximate surface area is 230 Å². The number of aromatic nitrogens is 2. The van der Waals surface area contributed by atoms with Gasteiger partial charge in [-0.05, 0) is 46.9 Å². The minimum atomic E-state index is -0.583. The lowest BCUT2D eigenvalue weighted by atomic mass is 10.0. The fourth-order valence-corrected chi connectivity index (χ4v) is 5.60. The van der Waals surface area contributed by atoms with E-state index in [4.69, 9.17) is 10.8 Å². The molecule has 2 aromatic carbocycles. The fourth-order valence-electron chi connectivity index (χ4n) is 5.24. The average Bonchev–Trinajstić information content (AvgIpc) is 3.26. The van der Waals surface area contributed by atoms with E-state index in [0.29, 0.717) is 38.2 Å². The first-order chi connectivity index (χ1) is 17.9. The Morgan fingerprint density at radius 1 is 1.08 bits per heavy atom. The lowest BCUT2D eigenvalue weighted by molar-refractivity contribution is 0.0910. The molecule has 0 radical (unpaired) electrons. The van der Waals surface area contributed by atoms with Crippen molar-refractivity contribution in [2.45, 2.75) is 25.6 Å². The minimum Gasteiger partial charge on any atom is -0.390 e. The van der Waals surface area contributed by atoms with Gasteiger partial charge in [0.15, 0.2) is 0 Å². The number of amides is 2. The van der Waals surface area contributed by atoms with Crippen LogP contribution >= 0.6 is 22.6 Å². The van der Waals surface area contributed by atoms with Crippen LogP contribution in [0.5, 0.6) is 0 Å². The fraction of sp³-hybridized carbons (Fsp3) is 0.370. The SMILES string of the molecule is N#Cc1ccccc1N1CCN(CC(O)Cn2nc(-c3ccc(I)cc3)c3c2CCN(C(N)=O)C3)CC1. The third kappa shape index (κ3) is 5.58. The summed E-state index contributed by atoms with van der Waals surface area (Å²) >= 11 is 2.28. The van der Waals surface area contributed by atoms with Gasteiger partial charge in [0.05, 0.1) is 36.1 Å². The Hall–Kier alpha value is -3.14. The summed E-state index contributed by atoms with van der Waals surface area (Å²) in [4.78, 5) is 18.0.